The Morgan fingerprint density at radius 2 is 1.89 bits per heavy atom. The van der Waals surface area contributed by atoms with Crippen molar-refractivity contribution in [1.29, 1.82) is 0 Å². The molecule has 1 aliphatic carbocycles. The summed E-state index contributed by atoms with van der Waals surface area (Å²) in [7, 11) is 3.62. The second-order valence-electron chi connectivity index (χ2n) is 7.41. The lowest BCUT2D eigenvalue weighted by Gasteiger charge is -2.17. The minimum absolute atomic E-state index is 0.108. The second kappa shape index (κ2) is 6.12. The Hall–Kier alpha value is -3.29. The summed E-state index contributed by atoms with van der Waals surface area (Å²) in [6.07, 6.45) is 9.40. The average Bonchev–Trinajstić information content (AvgIpc) is 3.36. The highest BCUT2D eigenvalue weighted by Crippen LogP contribution is 2.34. The molecule has 2 aliphatic rings. The molecule has 0 spiro atoms. The van der Waals surface area contributed by atoms with Gasteiger partial charge < -0.3 is 4.90 Å². The highest BCUT2D eigenvalue weighted by atomic mass is 16.2. The molecule has 142 valence electrons. The van der Waals surface area contributed by atoms with Gasteiger partial charge in [0.2, 0.25) is 0 Å². The van der Waals surface area contributed by atoms with Gasteiger partial charge in [-0.05, 0) is 13.3 Å². The van der Waals surface area contributed by atoms with Crippen molar-refractivity contribution < 1.29 is 4.79 Å². The Morgan fingerprint density at radius 3 is 2.75 bits per heavy atom. The molecule has 0 saturated heterocycles. The molecule has 5 rings (SSSR count). The van der Waals surface area contributed by atoms with Crippen molar-refractivity contribution >= 4 is 11.5 Å². The van der Waals surface area contributed by atoms with Crippen molar-refractivity contribution in [2.24, 2.45) is 7.05 Å². The van der Waals surface area contributed by atoms with Gasteiger partial charge in [-0.1, -0.05) is 6.08 Å². The van der Waals surface area contributed by atoms with E-state index in [0.29, 0.717) is 23.5 Å². The van der Waals surface area contributed by atoms with Crippen molar-refractivity contribution in [3.63, 3.8) is 0 Å². The minimum Gasteiger partial charge on any atom is -0.340 e. The number of hydrogen-bond acceptors (Lipinski definition) is 5. The fourth-order valence-corrected chi connectivity index (χ4v) is 3.92. The first-order chi connectivity index (χ1) is 13.5. The van der Waals surface area contributed by atoms with E-state index in [2.05, 4.69) is 27.5 Å². The molecule has 0 fully saturated rings. The molecule has 3 aromatic heterocycles. The SMILES string of the molecule is Cc1nn2cc1C1=CCc3ncc(nc31)-c1cn(C)nc1C(=O)N(C)CCC2. The van der Waals surface area contributed by atoms with E-state index in [-0.39, 0.29) is 5.91 Å². The molecular formula is C20H21N7O. The largest absolute Gasteiger partial charge is 0.340 e. The van der Waals surface area contributed by atoms with Gasteiger partial charge in [0, 0.05) is 57.1 Å². The maximum absolute atomic E-state index is 13.0. The molecule has 0 N–H and O–H groups in total. The zero-order chi connectivity index (χ0) is 19.4. The van der Waals surface area contributed by atoms with Crippen LogP contribution in [0.3, 0.4) is 0 Å². The first-order valence-electron chi connectivity index (χ1n) is 9.41. The molecule has 0 atom stereocenters. The van der Waals surface area contributed by atoms with Gasteiger partial charge in [0.15, 0.2) is 5.69 Å². The fraction of sp³-hybridized carbons (Fsp3) is 0.350. The predicted molar refractivity (Wildman–Crippen MR) is 104 cm³/mol. The van der Waals surface area contributed by atoms with E-state index in [1.165, 1.54) is 0 Å². The van der Waals surface area contributed by atoms with Crippen LogP contribution in [0.25, 0.3) is 16.8 Å². The average molecular weight is 375 g/mol. The topological polar surface area (TPSA) is 81.7 Å². The van der Waals surface area contributed by atoms with Crippen molar-refractivity contribution in [2.45, 2.75) is 26.3 Å². The molecule has 0 aromatic carbocycles. The first-order valence-corrected chi connectivity index (χ1v) is 9.41. The van der Waals surface area contributed by atoms with Crippen molar-refractivity contribution in [1.82, 2.24) is 34.4 Å². The van der Waals surface area contributed by atoms with Crippen molar-refractivity contribution in [2.75, 3.05) is 13.6 Å². The van der Waals surface area contributed by atoms with Crippen molar-refractivity contribution in [3.05, 3.63) is 53.0 Å². The molecule has 3 aromatic rings. The van der Waals surface area contributed by atoms with Crippen LogP contribution in [0, 0.1) is 6.92 Å². The third kappa shape index (κ3) is 2.56. The Kier molecular flexibility index (Phi) is 3.68. The number of carbonyl (C=O) groups is 1. The zero-order valence-corrected chi connectivity index (χ0v) is 16.2. The highest BCUT2D eigenvalue weighted by Gasteiger charge is 2.26. The smallest absolute Gasteiger partial charge is 0.274 e. The van der Waals surface area contributed by atoms with Crippen LogP contribution >= 0.6 is 0 Å². The number of allylic oxidation sites excluding steroid dienone is 1. The summed E-state index contributed by atoms with van der Waals surface area (Å²) in [5, 5.41) is 9.07. The Bertz CT molecular complexity index is 1140. The van der Waals surface area contributed by atoms with Gasteiger partial charge in [-0.25, -0.2) is 4.98 Å². The molecule has 1 amide bonds. The second-order valence-corrected chi connectivity index (χ2v) is 7.41. The van der Waals surface area contributed by atoms with Crippen LogP contribution in [-0.2, 0) is 20.0 Å². The summed E-state index contributed by atoms with van der Waals surface area (Å²) in [5.41, 5.74) is 6.75. The number of rotatable bonds is 0. The van der Waals surface area contributed by atoms with E-state index in [0.717, 1.165) is 47.6 Å². The number of amides is 1. The van der Waals surface area contributed by atoms with Gasteiger partial charge in [-0.2, -0.15) is 10.2 Å². The molecule has 4 bridgehead atoms. The van der Waals surface area contributed by atoms with Crippen molar-refractivity contribution in [3.8, 4) is 11.3 Å². The lowest BCUT2D eigenvalue weighted by atomic mass is 10.1. The van der Waals surface area contributed by atoms with Gasteiger partial charge in [0.1, 0.15) is 0 Å². The van der Waals surface area contributed by atoms with E-state index in [4.69, 9.17) is 4.98 Å². The van der Waals surface area contributed by atoms with Gasteiger partial charge in [-0.15, -0.1) is 0 Å². The number of hydrogen-bond donors (Lipinski definition) is 0. The van der Waals surface area contributed by atoms with E-state index in [1.54, 1.807) is 15.8 Å². The fourth-order valence-electron chi connectivity index (χ4n) is 3.92. The maximum atomic E-state index is 13.0. The third-order valence-corrected chi connectivity index (χ3v) is 5.37. The summed E-state index contributed by atoms with van der Waals surface area (Å²) in [6.45, 7) is 3.40. The quantitative estimate of drug-likeness (QED) is 0.599. The molecule has 4 heterocycles. The molecule has 28 heavy (non-hydrogen) atoms. The number of aromatic nitrogens is 6. The predicted octanol–water partition coefficient (Wildman–Crippen LogP) is 1.85. The van der Waals surface area contributed by atoms with Crippen LogP contribution in [0.5, 0.6) is 0 Å². The minimum atomic E-state index is -0.108. The van der Waals surface area contributed by atoms with Gasteiger partial charge in [-0.3, -0.25) is 19.1 Å². The van der Waals surface area contributed by atoms with E-state index < -0.39 is 0 Å². The van der Waals surface area contributed by atoms with Gasteiger partial charge in [0.05, 0.1) is 34.5 Å². The zero-order valence-electron chi connectivity index (χ0n) is 16.2. The van der Waals surface area contributed by atoms with Crippen LogP contribution in [0.15, 0.2) is 24.7 Å². The standard InChI is InChI=1S/C20H21N7O/c1-12-14-11-27(23-12)8-4-7-25(2)20(28)19-15(10-26(3)24-19)17-9-21-16-6-5-13(14)18(16)22-17/h5,9-11H,4,6-8H2,1-3H3. The number of nitrogens with zero attached hydrogens (tertiary/aromatic N) is 7. The van der Waals surface area contributed by atoms with Crippen LogP contribution in [-0.4, -0.2) is 53.9 Å². The molecule has 0 unspecified atom stereocenters. The number of fused-ring (bicyclic) bond motifs is 6. The molecular weight excluding hydrogens is 354 g/mol. The Labute approximate surface area is 162 Å². The summed E-state index contributed by atoms with van der Waals surface area (Å²) in [6, 6.07) is 0. The summed E-state index contributed by atoms with van der Waals surface area (Å²) >= 11 is 0. The first kappa shape index (κ1) is 16.9. The van der Waals surface area contributed by atoms with Crippen LogP contribution in [0.1, 0.15) is 39.6 Å². The molecule has 8 nitrogen and oxygen atoms in total. The number of carbonyl (C=O) groups excluding carboxylic acids is 1. The Balaban J connectivity index is 1.72. The summed E-state index contributed by atoms with van der Waals surface area (Å²) in [4.78, 5) is 24.2. The van der Waals surface area contributed by atoms with E-state index >= 15 is 0 Å². The summed E-state index contributed by atoms with van der Waals surface area (Å²) in [5.74, 6) is -0.108. The lowest BCUT2D eigenvalue weighted by molar-refractivity contribution is 0.0785. The van der Waals surface area contributed by atoms with Gasteiger partial charge >= 0.3 is 0 Å². The van der Waals surface area contributed by atoms with Crippen LogP contribution in [0.4, 0.5) is 0 Å². The lowest BCUT2D eigenvalue weighted by Crippen LogP contribution is -2.29. The maximum Gasteiger partial charge on any atom is 0.274 e. The van der Waals surface area contributed by atoms with E-state index in [1.807, 2.05) is 31.9 Å². The van der Waals surface area contributed by atoms with Crippen LogP contribution < -0.4 is 0 Å². The molecule has 8 heteroatoms. The monoisotopic (exact) mass is 375 g/mol. The third-order valence-electron chi connectivity index (χ3n) is 5.37. The molecule has 1 aliphatic heterocycles. The highest BCUT2D eigenvalue weighted by molar-refractivity contribution is 5.98. The van der Waals surface area contributed by atoms with Crippen LogP contribution in [0.2, 0.25) is 0 Å². The normalized spacial score (nSPS) is 16.0. The Morgan fingerprint density at radius 1 is 1.04 bits per heavy atom. The van der Waals surface area contributed by atoms with E-state index in [9.17, 15) is 4.79 Å². The molecule has 0 radical (unpaired) electrons. The molecule has 0 saturated carbocycles. The van der Waals surface area contributed by atoms with Gasteiger partial charge in [0.25, 0.3) is 5.91 Å². The number of aryl methyl sites for hydroxylation is 3. The summed E-state index contributed by atoms with van der Waals surface area (Å²) < 4.78 is 3.62.